The second kappa shape index (κ2) is 9.79. The van der Waals surface area contributed by atoms with Gasteiger partial charge in [0.2, 0.25) is 0 Å². The third-order valence-electron chi connectivity index (χ3n) is 4.46. The average Bonchev–Trinajstić information content (AvgIpc) is 2.67. The molecule has 1 aliphatic rings. The lowest BCUT2D eigenvalue weighted by molar-refractivity contribution is 0.0188. The quantitative estimate of drug-likeness (QED) is 0.719. The molecule has 1 saturated heterocycles. The second-order valence-electron chi connectivity index (χ2n) is 7.88. The minimum atomic E-state index is -0.512. The number of carbonyl (C=O) groups excluding carboxylic acids is 1. The molecule has 1 amide bonds. The van der Waals surface area contributed by atoms with Crippen LogP contribution in [0, 0.1) is 34.4 Å². The zero-order valence-corrected chi connectivity index (χ0v) is 17.0. The number of likely N-dealkylation sites (tertiary alicyclic amines) is 1. The number of nitrogens with zero attached hydrogens (tertiary/aromatic N) is 3. The Bertz CT molecular complexity index is 824. The van der Waals surface area contributed by atoms with Crippen LogP contribution in [0.25, 0.3) is 0 Å². The SMILES string of the molecule is CC(C)(C)OC(=O)N1CCC(CNc2cccc(F)c2NC=C(C#N)C#N)CC1. The first-order valence-electron chi connectivity index (χ1n) is 9.50. The highest BCUT2D eigenvalue weighted by Gasteiger charge is 2.26. The Morgan fingerprint density at radius 3 is 2.55 bits per heavy atom. The van der Waals surface area contributed by atoms with Crippen molar-refractivity contribution in [2.24, 2.45) is 5.92 Å². The zero-order valence-electron chi connectivity index (χ0n) is 17.0. The summed E-state index contributed by atoms with van der Waals surface area (Å²) in [4.78, 5) is 13.9. The van der Waals surface area contributed by atoms with Crippen molar-refractivity contribution in [2.75, 3.05) is 30.3 Å². The van der Waals surface area contributed by atoms with Gasteiger partial charge in [0.1, 0.15) is 29.1 Å². The maximum Gasteiger partial charge on any atom is 0.410 e. The van der Waals surface area contributed by atoms with Gasteiger partial charge in [-0.1, -0.05) is 6.07 Å². The number of ether oxygens (including phenoxy) is 1. The van der Waals surface area contributed by atoms with Gasteiger partial charge in [-0.2, -0.15) is 10.5 Å². The molecule has 1 aliphatic heterocycles. The molecule has 2 rings (SSSR count). The number of nitriles is 2. The standard InChI is InChI=1S/C21H26FN5O2/c1-21(2,3)29-20(28)27-9-7-15(8-10-27)13-25-18-6-4-5-17(22)19(18)26-14-16(11-23)12-24/h4-6,14-15,25-26H,7-10,13H2,1-3H3. The Morgan fingerprint density at radius 2 is 1.97 bits per heavy atom. The molecule has 0 saturated carbocycles. The number of hydrogen-bond donors (Lipinski definition) is 2. The number of nitrogens with one attached hydrogen (secondary N) is 2. The largest absolute Gasteiger partial charge is 0.444 e. The van der Waals surface area contributed by atoms with Crippen LogP contribution in [0.4, 0.5) is 20.6 Å². The fourth-order valence-electron chi connectivity index (χ4n) is 2.95. The van der Waals surface area contributed by atoms with Crippen molar-refractivity contribution >= 4 is 17.5 Å². The van der Waals surface area contributed by atoms with E-state index in [-0.39, 0.29) is 17.4 Å². The Balaban J connectivity index is 1.92. The monoisotopic (exact) mass is 399 g/mol. The maximum absolute atomic E-state index is 14.2. The smallest absolute Gasteiger partial charge is 0.410 e. The summed E-state index contributed by atoms with van der Waals surface area (Å²) in [6, 6.07) is 8.07. The van der Waals surface area contributed by atoms with Gasteiger partial charge in [0.15, 0.2) is 0 Å². The van der Waals surface area contributed by atoms with E-state index in [1.165, 1.54) is 12.3 Å². The number of amides is 1. The van der Waals surface area contributed by atoms with E-state index < -0.39 is 11.4 Å². The number of benzene rings is 1. The van der Waals surface area contributed by atoms with Crippen LogP contribution >= 0.6 is 0 Å². The molecule has 0 aromatic heterocycles. The van der Waals surface area contributed by atoms with Gasteiger partial charge in [0.05, 0.1) is 11.4 Å². The minimum absolute atomic E-state index is 0.145. The number of para-hydroxylation sites is 1. The first kappa shape index (κ1) is 22.0. The Kier molecular flexibility index (Phi) is 7.44. The Morgan fingerprint density at radius 1 is 1.31 bits per heavy atom. The molecule has 1 aromatic carbocycles. The van der Waals surface area contributed by atoms with Crippen molar-refractivity contribution in [1.82, 2.24) is 4.90 Å². The second-order valence-corrected chi connectivity index (χ2v) is 7.88. The highest BCUT2D eigenvalue weighted by Crippen LogP contribution is 2.27. The molecule has 0 spiro atoms. The van der Waals surface area contributed by atoms with Crippen LogP contribution in [0.2, 0.25) is 0 Å². The van der Waals surface area contributed by atoms with Gasteiger partial charge in [-0.05, 0) is 51.7 Å². The van der Waals surface area contributed by atoms with Gasteiger partial charge in [-0.3, -0.25) is 0 Å². The molecule has 2 N–H and O–H groups in total. The van der Waals surface area contributed by atoms with Crippen molar-refractivity contribution in [3.05, 3.63) is 35.8 Å². The van der Waals surface area contributed by atoms with E-state index in [4.69, 9.17) is 15.3 Å². The molecule has 7 nitrogen and oxygen atoms in total. The summed E-state index contributed by atoms with van der Waals surface area (Å²) in [5, 5.41) is 23.6. The molecule has 0 bridgehead atoms. The van der Waals surface area contributed by atoms with E-state index in [1.54, 1.807) is 29.2 Å². The summed E-state index contributed by atoms with van der Waals surface area (Å²) in [6.45, 7) is 7.39. The molecule has 0 radical (unpaired) electrons. The van der Waals surface area contributed by atoms with Gasteiger partial charge in [0, 0.05) is 25.8 Å². The lowest BCUT2D eigenvalue weighted by Gasteiger charge is -2.33. The highest BCUT2D eigenvalue weighted by atomic mass is 19.1. The van der Waals surface area contributed by atoms with Crippen LogP contribution in [0.1, 0.15) is 33.6 Å². The minimum Gasteiger partial charge on any atom is -0.444 e. The van der Waals surface area contributed by atoms with E-state index in [0.29, 0.717) is 31.2 Å². The fourth-order valence-corrected chi connectivity index (χ4v) is 2.95. The van der Waals surface area contributed by atoms with E-state index >= 15 is 0 Å². The van der Waals surface area contributed by atoms with E-state index in [2.05, 4.69) is 10.6 Å². The maximum atomic E-state index is 14.2. The molecule has 154 valence electrons. The zero-order chi connectivity index (χ0) is 21.4. The number of hydrogen-bond acceptors (Lipinski definition) is 6. The molecule has 1 aromatic rings. The van der Waals surface area contributed by atoms with Crippen LogP contribution in [0.5, 0.6) is 0 Å². The predicted octanol–water partition coefficient (Wildman–Crippen LogP) is 4.23. The highest BCUT2D eigenvalue weighted by molar-refractivity contribution is 5.71. The Labute approximate surface area is 170 Å². The molecule has 8 heteroatoms. The van der Waals surface area contributed by atoms with Gasteiger partial charge in [-0.25, -0.2) is 9.18 Å². The first-order valence-corrected chi connectivity index (χ1v) is 9.50. The number of carbonyl (C=O) groups is 1. The van der Waals surface area contributed by atoms with Crippen molar-refractivity contribution in [3.8, 4) is 12.1 Å². The average molecular weight is 399 g/mol. The number of piperidine rings is 1. The number of anilines is 2. The van der Waals surface area contributed by atoms with Crippen LogP contribution in [0.3, 0.4) is 0 Å². The van der Waals surface area contributed by atoms with E-state index in [0.717, 1.165) is 12.8 Å². The van der Waals surface area contributed by atoms with E-state index in [9.17, 15) is 9.18 Å². The summed E-state index contributed by atoms with van der Waals surface area (Å²) < 4.78 is 19.6. The van der Waals surface area contributed by atoms with Crippen molar-refractivity contribution in [2.45, 2.75) is 39.2 Å². The van der Waals surface area contributed by atoms with Gasteiger partial charge in [-0.15, -0.1) is 0 Å². The molecule has 0 unspecified atom stereocenters. The lowest BCUT2D eigenvalue weighted by Crippen LogP contribution is -2.42. The summed E-state index contributed by atoms with van der Waals surface area (Å²) >= 11 is 0. The van der Waals surface area contributed by atoms with Crippen molar-refractivity contribution < 1.29 is 13.9 Å². The fraction of sp³-hybridized carbons (Fsp3) is 0.476. The number of rotatable bonds is 5. The predicted molar refractivity (Wildman–Crippen MR) is 108 cm³/mol. The molecule has 1 fully saturated rings. The van der Waals surface area contributed by atoms with Gasteiger partial charge < -0.3 is 20.3 Å². The summed E-state index contributed by atoms with van der Waals surface area (Å²) in [5.41, 5.74) is 0.0725. The topological polar surface area (TPSA) is 101 Å². The van der Waals surface area contributed by atoms with E-state index in [1.807, 2.05) is 20.8 Å². The van der Waals surface area contributed by atoms with Crippen molar-refractivity contribution in [3.63, 3.8) is 0 Å². The molecule has 29 heavy (non-hydrogen) atoms. The third-order valence-corrected chi connectivity index (χ3v) is 4.46. The van der Waals surface area contributed by atoms with Crippen LogP contribution in [-0.2, 0) is 4.74 Å². The third kappa shape index (κ3) is 6.69. The normalized spacial score (nSPS) is 14.3. The van der Waals surface area contributed by atoms with Crippen LogP contribution in [0.15, 0.2) is 30.0 Å². The van der Waals surface area contributed by atoms with Crippen molar-refractivity contribution in [1.29, 1.82) is 10.5 Å². The number of halogens is 1. The number of allylic oxidation sites excluding steroid dienone is 1. The lowest BCUT2D eigenvalue weighted by atomic mass is 9.97. The van der Waals surface area contributed by atoms with Gasteiger partial charge >= 0.3 is 6.09 Å². The summed E-state index contributed by atoms with van der Waals surface area (Å²) in [7, 11) is 0. The summed E-state index contributed by atoms with van der Waals surface area (Å²) in [5.74, 6) is -0.157. The molecular formula is C21H26FN5O2. The molecule has 0 atom stereocenters. The molecular weight excluding hydrogens is 373 g/mol. The molecule has 1 heterocycles. The summed E-state index contributed by atoms with van der Waals surface area (Å²) in [6.07, 6.45) is 2.52. The van der Waals surface area contributed by atoms with Crippen LogP contribution < -0.4 is 10.6 Å². The van der Waals surface area contributed by atoms with Gasteiger partial charge in [0.25, 0.3) is 0 Å². The first-order chi connectivity index (χ1) is 13.7. The molecule has 0 aliphatic carbocycles. The van der Waals surface area contributed by atoms with Crippen LogP contribution in [-0.4, -0.2) is 36.2 Å². The Hall–Kier alpha value is -3.26.